The van der Waals surface area contributed by atoms with Gasteiger partial charge < -0.3 is 9.47 Å². The smallest absolute Gasteiger partial charge is 0.179 e. The van der Waals surface area contributed by atoms with Gasteiger partial charge in [-0.05, 0) is 108 Å². The molecule has 3 heteroatoms. The van der Waals surface area contributed by atoms with Crippen LogP contribution in [0, 0.1) is 0 Å². The van der Waals surface area contributed by atoms with Gasteiger partial charge in [0.25, 0.3) is 0 Å². The molecule has 0 saturated heterocycles. The largest absolute Gasteiger partial charge is 0.310 e. The maximum atomic E-state index is 2.46. The maximum absolute atomic E-state index is 2.70. The second kappa shape index (κ2) is 16.1. The minimum absolute atomic E-state index is 1.09. The molecule has 0 aliphatic heterocycles. The van der Waals surface area contributed by atoms with Gasteiger partial charge in [-0.2, -0.15) is 0 Å². The summed E-state index contributed by atoms with van der Waals surface area (Å²) in [6.07, 6.45) is 0. The van der Waals surface area contributed by atoms with E-state index in [-0.39, 0.29) is 0 Å². The highest BCUT2D eigenvalue weighted by Gasteiger charge is 2.41. The molecule has 0 spiro atoms. The number of hydrogen-bond acceptors (Lipinski definition) is 1. The molecule has 306 valence electrons. The fraction of sp³-hybridized carbons (Fsp3) is 0. The Morgan fingerprint density at radius 1 is 0.308 bits per heavy atom. The second-order valence-electron chi connectivity index (χ2n) is 16.9. The topological polar surface area (TPSA) is 8.17 Å². The number of nitrogens with zero attached hydrogens (tertiary/aromatic N) is 2. The first-order valence-corrected chi connectivity index (χ1v) is 24.4. The lowest BCUT2D eigenvalue weighted by atomic mass is 10.0. The van der Waals surface area contributed by atoms with E-state index in [1.165, 1.54) is 75.2 Å². The summed E-state index contributed by atoms with van der Waals surface area (Å²) >= 11 is 0. The number of para-hydroxylation sites is 2. The van der Waals surface area contributed by atoms with Crippen LogP contribution in [0.5, 0.6) is 0 Å². The fourth-order valence-electron chi connectivity index (χ4n) is 10.4. The van der Waals surface area contributed by atoms with Crippen molar-refractivity contribution in [1.29, 1.82) is 0 Å². The van der Waals surface area contributed by atoms with Crippen LogP contribution in [0.15, 0.2) is 267 Å². The molecule has 0 radical (unpaired) electrons. The van der Waals surface area contributed by atoms with Gasteiger partial charge in [0.2, 0.25) is 0 Å². The molecule has 0 aliphatic rings. The first-order chi connectivity index (χ1) is 32.3. The van der Waals surface area contributed by atoms with Gasteiger partial charge in [0.05, 0.1) is 16.7 Å². The summed E-state index contributed by atoms with van der Waals surface area (Å²) in [5.41, 5.74) is 9.21. The Hall–Kier alpha value is -8.24. The monoisotopic (exact) mass is 844 g/mol. The van der Waals surface area contributed by atoms with E-state index in [9.17, 15) is 0 Å². The molecule has 0 bridgehead atoms. The summed E-state index contributed by atoms with van der Waals surface area (Å²) < 4.78 is 2.40. The van der Waals surface area contributed by atoms with Crippen molar-refractivity contribution in [2.75, 3.05) is 4.90 Å². The van der Waals surface area contributed by atoms with E-state index in [2.05, 4.69) is 276 Å². The zero-order chi connectivity index (χ0) is 43.2. The zero-order valence-electron chi connectivity index (χ0n) is 35.8. The molecule has 1 aromatic heterocycles. The van der Waals surface area contributed by atoms with Gasteiger partial charge in [-0.15, -0.1) is 0 Å². The molecule has 2 nitrogen and oxygen atoms in total. The molecule has 11 aromatic carbocycles. The van der Waals surface area contributed by atoms with Crippen LogP contribution in [0.2, 0.25) is 0 Å². The molecule has 0 aliphatic carbocycles. The standard InChI is InChI=1S/C62H44N2Si/c1-5-21-49(22-6-1)64-59-32-16-15-31-58(59)62-60(33-18-34-61(62)64)63(51-41-42-57-48(43-51)36-35-46-19-13-14-30-56(46)57)50-39-37-45(38-40-50)47-20-17-29-55(44-47)65(52-23-7-2-8-24-52,53-25-9-3-10-26-53)54-27-11-4-12-28-54/h1-44H. The third-order valence-corrected chi connectivity index (χ3v) is 18.1. The summed E-state index contributed by atoms with van der Waals surface area (Å²) in [4.78, 5) is 2.46. The quantitative estimate of drug-likeness (QED) is 0.0798. The zero-order valence-corrected chi connectivity index (χ0v) is 36.8. The predicted octanol–water partition coefficient (Wildman–Crippen LogP) is 13.6. The number of aromatic nitrogens is 1. The van der Waals surface area contributed by atoms with E-state index >= 15 is 0 Å². The van der Waals surface area contributed by atoms with Crippen LogP contribution in [-0.2, 0) is 0 Å². The van der Waals surface area contributed by atoms with Crippen molar-refractivity contribution in [3.8, 4) is 16.8 Å². The summed E-state index contributed by atoms with van der Waals surface area (Å²) in [6, 6.07) is 98.5. The third-order valence-electron chi connectivity index (χ3n) is 13.3. The van der Waals surface area contributed by atoms with Crippen molar-refractivity contribution >= 4 is 89.2 Å². The molecule has 12 rings (SSSR count). The summed E-state index contributed by atoms with van der Waals surface area (Å²) in [7, 11) is -2.70. The molecule has 12 aromatic rings. The van der Waals surface area contributed by atoms with Crippen LogP contribution >= 0.6 is 0 Å². The minimum Gasteiger partial charge on any atom is -0.310 e. The Labute approximate surface area is 380 Å². The summed E-state index contributed by atoms with van der Waals surface area (Å²) in [6.45, 7) is 0. The van der Waals surface area contributed by atoms with Crippen molar-refractivity contribution in [2.24, 2.45) is 0 Å². The molecule has 0 N–H and O–H groups in total. The van der Waals surface area contributed by atoms with Gasteiger partial charge in [-0.1, -0.05) is 212 Å². The van der Waals surface area contributed by atoms with Gasteiger partial charge >= 0.3 is 0 Å². The number of rotatable bonds is 9. The Morgan fingerprint density at radius 3 is 1.52 bits per heavy atom. The average Bonchev–Trinajstić information content (AvgIpc) is 3.73. The van der Waals surface area contributed by atoms with Crippen molar-refractivity contribution in [3.63, 3.8) is 0 Å². The van der Waals surface area contributed by atoms with E-state index < -0.39 is 8.07 Å². The summed E-state index contributed by atoms with van der Waals surface area (Å²) in [5, 5.41) is 12.9. The number of fused-ring (bicyclic) bond motifs is 6. The van der Waals surface area contributed by atoms with Gasteiger partial charge in [0.15, 0.2) is 8.07 Å². The van der Waals surface area contributed by atoms with Crippen LogP contribution < -0.4 is 25.6 Å². The first kappa shape index (κ1) is 38.4. The lowest BCUT2D eigenvalue weighted by Crippen LogP contribution is -2.74. The Balaban J connectivity index is 1.04. The summed E-state index contributed by atoms with van der Waals surface area (Å²) in [5.74, 6) is 0. The Bertz CT molecular complexity index is 3540. The molecular weight excluding hydrogens is 801 g/mol. The first-order valence-electron chi connectivity index (χ1n) is 22.4. The minimum atomic E-state index is -2.70. The molecule has 0 unspecified atom stereocenters. The van der Waals surface area contributed by atoms with E-state index in [1.54, 1.807) is 0 Å². The molecule has 0 saturated carbocycles. The Morgan fingerprint density at radius 2 is 0.831 bits per heavy atom. The van der Waals surface area contributed by atoms with E-state index in [1.807, 2.05) is 0 Å². The van der Waals surface area contributed by atoms with E-state index in [0.29, 0.717) is 0 Å². The molecule has 0 amide bonds. The van der Waals surface area contributed by atoms with Crippen molar-refractivity contribution in [2.45, 2.75) is 0 Å². The van der Waals surface area contributed by atoms with E-state index in [4.69, 9.17) is 0 Å². The van der Waals surface area contributed by atoms with Crippen LogP contribution in [0.25, 0.3) is 60.2 Å². The predicted molar refractivity (Wildman–Crippen MR) is 280 cm³/mol. The molecule has 1 heterocycles. The van der Waals surface area contributed by atoms with Crippen molar-refractivity contribution in [3.05, 3.63) is 267 Å². The van der Waals surface area contributed by atoms with Crippen LogP contribution in [-0.4, -0.2) is 12.6 Å². The lowest BCUT2D eigenvalue weighted by Gasteiger charge is -2.34. The van der Waals surface area contributed by atoms with E-state index in [0.717, 1.165) is 22.7 Å². The lowest BCUT2D eigenvalue weighted by molar-refractivity contribution is 1.18. The fourth-order valence-corrected chi connectivity index (χ4v) is 15.2. The average molecular weight is 845 g/mol. The normalized spacial score (nSPS) is 11.7. The van der Waals surface area contributed by atoms with Gasteiger partial charge in [-0.3, -0.25) is 0 Å². The van der Waals surface area contributed by atoms with Crippen molar-refractivity contribution in [1.82, 2.24) is 4.57 Å². The molecular formula is C62H44N2Si. The molecule has 65 heavy (non-hydrogen) atoms. The SMILES string of the molecule is c1ccc(-n2c3ccccc3c3c(N(c4ccc(-c5cccc([Si](c6ccccc6)(c6ccccc6)c6ccccc6)c5)cc4)c4ccc5c(ccc6ccccc65)c4)cccc32)cc1. The van der Waals surface area contributed by atoms with Crippen LogP contribution in [0.4, 0.5) is 17.1 Å². The molecule has 0 atom stereocenters. The number of hydrogen-bond donors (Lipinski definition) is 0. The second-order valence-corrected chi connectivity index (χ2v) is 20.7. The van der Waals surface area contributed by atoms with Crippen LogP contribution in [0.1, 0.15) is 0 Å². The molecule has 0 fully saturated rings. The maximum Gasteiger partial charge on any atom is 0.179 e. The third kappa shape index (κ3) is 6.47. The van der Waals surface area contributed by atoms with Gasteiger partial charge in [0.1, 0.15) is 0 Å². The van der Waals surface area contributed by atoms with Gasteiger partial charge in [0, 0.05) is 27.8 Å². The highest BCUT2D eigenvalue weighted by molar-refractivity contribution is 7.19. The van der Waals surface area contributed by atoms with Crippen LogP contribution in [0.3, 0.4) is 0 Å². The number of benzene rings is 11. The van der Waals surface area contributed by atoms with Gasteiger partial charge in [-0.25, -0.2) is 0 Å². The highest BCUT2D eigenvalue weighted by atomic mass is 28.3. The highest BCUT2D eigenvalue weighted by Crippen LogP contribution is 2.45. The van der Waals surface area contributed by atoms with Crippen molar-refractivity contribution < 1.29 is 0 Å². The number of anilines is 3. The Kier molecular flexibility index (Phi) is 9.55.